The largest absolute Gasteiger partial charge is 0.487 e. The van der Waals surface area contributed by atoms with Crippen LogP contribution in [0.1, 0.15) is 53.9 Å². The zero-order valence-electron chi connectivity index (χ0n) is 18.9. The quantitative estimate of drug-likeness (QED) is 0.355. The molecule has 0 aliphatic carbocycles. The first kappa shape index (κ1) is 22.5. The van der Waals surface area contributed by atoms with Gasteiger partial charge >= 0.3 is 5.97 Å². The third-order valence-corrected chi connectivity index (χ3v) is 5.66. The lowest BCUT2D eigenvalue weighted by Crippen LogP contribution is -2.22. The predicted octanol–water partition coefficient (Wildman–Crippen LogP) is 6.83. The number of aromatic carboxylic acids is 1. The average Bonchev–Trinajstić information content (AvgIpc) is 2.77. The molecule has 0 aliphatic rings. The summed E-state index contributed by atoms with van der Waals surface area (Å²) >= 11 is 0. The fourth-order valence-corrected chi connectivity index (χ4v) is 4.23. The molecule has 1 aromatic heterocycles. The molecule has 1 heterocycles. The summed E-state index contributed by atoms with van der Waals surface area (Å²) in [5, 5.41) is 10.6. The number of nitrogens with zero attached hydrogens (tertiary/aromatic N) is 1. The Hall–Kier alpha value is -3.73. The van der Waals surface area contributed by atoms with Crippen molar-refractivity contribution in [2.45, 2.75) is 33.3 Å². The molecule has 0 fully saturated rings. The van der Waals surface area contributed by atoms with Gasteiger partial charge in [0.15, 0.2) is 0 Å². The van der Waals surface area contributed by atoms with Crippen molar-refractivity contribution in [3.05, 3.63) is 107 Å². The predicted molar refractivity (Wildman–Crippen MR) is 127 cm³/mol. The normalized spacial score (nSPS) is 12.5. The standard InChI is InChI=1S/C28H26FNO3/c1-28(2,3)26(18-7-5-4-6-8-18)24-16-22(12-13-23(24)27(31)32)33-17-21-11-9-19-15-20(29)10-14-25(19)30-21/h4-16,26H,17H2,1-3H3,(H,31,32). The van der Waals surface area contributed by atoms with Gasteiger partial charge in [-0.2, -0.15) is 0 Å². The van der Waals surface area contributed by atoms with E-state index in [9.17, 15) is 14.3 Å². The number of carbonyl (C=O) groups is 1. The number of aromatic nitrogens is 1. The van der Waals surface area contributed by atoms with Crippen molar-refractivity contribution in [2.24, 2.45) is 5.41 Å². The first-order valence-electron chi connectivity index (χ1n) is 10.8. The second kappa shape index (κ2) is 9.02. The van der Waals surface area contributed by atoms with Crippen molar-refractivity contribution in [1.29, 1.82) is 0 Å². The number of rotatable bonds is 6. The summed E-state index contributed by atoms with van der Waals surface area (Å²) in [6.45, 7) is 6.52. The molecule has 0 spiro atoms. The van der Waals surface area contributed by atoms with Crippen molar-refractivity contribution in [3.8, 4) is 5.75 Å². The van der Waals surface area contributed by atoms with Gasteiger partial charge in [0.25, 0.3) is 0 Å². The van der Waals surface area contributed by atoms with Gasteiger partial charge in [0.05, 0.1) is 16.8 Å². The number of ether oxygens (including phenoxy) is 1. The third kappa shape index (κ3) is 5.03. The van der Waals surface area contributed by atoms with Gasteiger partial charge in [0.2, 0.25) is 0 Å². The van der Waals surface area contributed by atoms with E-state index in [4.69, 9.17) is 4.74 Å². The Kier molecular flexibility index (Phi) is 6.14. The van der Waals surface area contributed by atoms with Gasteiger partial charge in [-0.05, 0) is 59.0 Å². The maximum absolute atomic E-state index is 13.4. The number of carboxylic acid groups (broad SMARTS) is 1. The molecule has 4 rings (SSSR count). The molecule has 1 unspecified atom stereocenters. The maximum Gasteiger partial charge on any atom is 0.335 e. The van der Waals surface area contributed by atoms with Crippen molar-refractivity contribution in [1.82, 2.24) is 4.98 Å². The van der Waals surface area contributed by atoms with Gasteiger partial charge in [-0.15, -0.1) is 0 Å². The molecule has 0 saturated carbocycles. The van der Waals surface area contributed by atoms with E-state index in [0.29, 0.717) is 22.5 Å². The Labute approximate surface area is 192 Å². The molecule has 0 saturated heterocycles. The molecule has 0 radical (unpaired) electrons. The van der Waals surface area contributed by atoms with E-state index in [-0.39, 0.29) is 29.3 Å². The number of hydrogen-bond donors (Lipinski definition) is 1. The summed E-state index contributed by atoms with van der Waals surface area (Å²) in [6, 6.07) is 23.1. The average molecular weight is 444 g/mol. The Morgan fingerprint density at radius 3 is 2.45 bits per heavy atom. The van der Waals surface area contributed by atoms with Crippen LogP contribution in [-0.4, -0.2) is 16.1 Å². The minimum atomic E-state index is -0.967. The van der Waals surface area contributed by atoms with Gasteiger partial charge in [-0.3, -0.25) is 0 Å². The van der Waals surface area contributed by atoms with E-state index in [1.807, 2.05) is 42.5 Å². The minimum absolute atomic E-state index is 0.137. The lowest BCUT2D eigenvalue weighted by Gasteiger charge is -2.33. The highest BCUT2D eigenvalue weighted by Gasteiger charge is 2.31. The van der Waals surface area contributed by atoms with Crippen LogP contribution >= 0.6 is 0 Å². The van der Waals surface area contributed by atoms with Crippen molar-refractivity contribution >= 4 is 16.9 Å². The summed E-state index contributed by atoms with van der Waals surface area (Å²) in [5.74, 6) is -0.834. The van der Waals surface area contributed by atoms with E-state index in [1.54, 1.807) is 24.3 Å². The topological polar surface area (TPSA) is 59.4 Å². The van der Waals surface area contributed by atoms with E-state index >= 15 is 0 Å². The van der Waals surface area contributed by atoms with Gasteiger partial charge in [-0.1, -0.05) is 57.2 Å². The Morgan fingerprint density at radius 2 is 1.76 bits per heavy atom. The van der Waals surface area contributed by atoms with Crippen LogP contribution in [0.15, 0.2) is 78.9 Å². The lowest BCUT2D eigenvalue weighted by atomic mass is 9.71. The fraction of sp³-hybridized carbons (Fsp3) is 0.214. The van der Waals surface area contributed by atoms with Gasteiger partial charge < -0.3 is 9.84 Å². The molecule has 33 heavy (non-hydrogen) atoms. The molecule has 4 nitrogen and oxygen atoms in total. The number of hydrogen-bond acceptors (Lipinski definition) is 3. The van der Waals surface area contributed by atoms with E-state index in [2.05, 4.69) is 25.8 Å². The summed E-state index contributed by atoms with van der Waals surface area (Å²) in [4.78, 5) is 16.6. The lowest BCUT2D eigenvalue weighted by molar-refractivity contribution is 0.0694. The van der Waals surface area contributed by atoms with Crippen LogP contribution in [-0.2, 0) is 6.61 Å². The second-order valence-corrected chi connectivity index (χ2v) is 9.19. The Morgan fingerprint density at radius 1 is 1.00 bits per heavy atom. The van der Waals surface area contributed by atoms with Gasteiger partial charge in [0, 0.05) is 11.3 Å². The molecule has 0 aliphatic heterocycles. The van der Waals surface area contributed by atoms with Crippen LogP contribution < -0.4 is 4.74 Å². The molecule has 1 N–H and O–H groups in total. The molecule has 4 aromatic rings. The van der Waals surface area contributed by atoms with Crippen LogP contribution in [0.3, 0.4) is 0 Å². The number of pyridine rings is 1. The number of fused-ring (bicyclic) bond motifs is 1. The molecule has 0 bridgehead atoms. The number of carboxylic acids is 1. The molecule has 0 amide bonds. The molecule has 168 valence electrons. The van der Waals surface area contributed by atoms with Crippen LogP contribution in [0.4, 0.5) is 4.39 Å². The smallest absolute Gasteiger partial charge is 0.335 e. The summed E-state index contributed by atoms with van der Waals surface area (Å²) in [5.41, 5.74) is 3.19. The summed E-state index contributed by atoms with van der Waals surface area (Å²) in [7, 11) is 0. The SMILES string of the molecule is CC(C)(C)C(c1ccccc1)c1cc(OCc2ccc3cc(F)ccc3n2)ccc1C(=O)O. The Bertz CT molecular complexity index is 1300. The van der Waals surface area contributed by atoms with Gasteiger partial charge in [-0.25, -0.2) is 14.2 Å². The first-order valence-corrected chi connectivity index (χ1v) is 10.8. The molecule has 1 atom stereocenters. The van der Waals surface area contributed by atoms with E-state index in [1.165, 1.54) is 12.1 Å². The van der Waals surface area contributed by atoms with Crippen molar-refractivity contribution in [3.63, 3.8) is 0 Å². The van der Waals surface area contributed by atoms with E-state index < -0.39 is 5.97 Å². The molecular weight excluding hydrogens is 417 g/mol. The highest BCUT2D eigenvalue weighted by molar-refractivity contribution is 5.90. The third-order valence-electron chi connectivity index (χ3n) is 5.66. The highest BCUT2D eigenvalue weighted by Crippen LogP contribution is 2.43. The number of benzene rings is 3. The number of halogens is 1. The van der Waals surface area contributed by atoms with Crippen LogP contribution in [0, 0.1) is 11.2 Å². The zero-order valence-corrected chi connectivity index (χ0v) is 18.9. The van der Waals surface area contributed by atoms with Gasteiger partial charge in [0.1, 0.15) is 18.2 Å². The Balaban J connectivity index is 1.67. The van der Waals surface area contributed by atoms with Crippen molar-refractivity contribution < 1.29 is 19.0 Å². The minimum Gasteiger partial charge on any atom is -0.487 e. The molecular formula is C28H26FNO3. The maximum atomic E-state index is 13.4. The van der Waals surface area contributed by atoms with Crippen LogP contribution in [0.25, 0.3) is 10.9 Å². The summed E-state index contributed by atoms with van der Waals surface area (Å²) < 4.78 is 19.4. The van der Waals surface area contributed by atoms with Crippen LogP contribution in [0.2, 0.25) is 0 Å². The molecule has 5 heteroatoms. The first-order chi connectivity index (χ1) is 15.7. The highest BCUT2D eigenvalue weighted by atomic mass is 19.1. The van der Waals surface area contributed by atoms with E-state index in [0.717, 1.165) is 10.9 Å². The fourth-order valence-electron chi connectivity index (χ4n) is 4.23. The molecule has 3 aromatic carbocycles. The second-order valence-electron chi connectivity index (χ2n) is 9.19. The monoisotopic (exact) mass is 443 g/mol. The van der Waals surface area contributed by atoms with Crippen molar-refractivity contribution in [2.75, 3.05) is 0 Å². The summed E-state index contributed by atoms with van der Waals surface area (Å²) in [6.07, 6.45) is 0. The zero-order chi connectivity index (χ0) is 23.6. The van der Waals surface area contributed by atoms with Crippen LogP contribution in [0.5, 0.6) is 5.75 Å².